The summed E-state index contributed by atoms with van der Waals surface area (Å²) in [5.41, 5.74) is 1.62. The average molecular weight is 323 g/mol. The largest absolute Gasteiger partial charge is 0.331 e. The van der Waals surface area contributed by atoms with E-state index < -0.39 is 0 Å². The smallest absolute Gasteiger partial charge is 0.188 e. The number of rotatable bonds is 2. The maximum Gasteiger partial charge on any atom is 0.188 e. The molecule has 90 valence electrons. The molecule has 1 aromatic heterocycles. The second-order valence-electron chi connectivity index (χ2n) is 3.74. The Morgan fingerprint density at radius 1 is 1.17 bits per heavy atom. The third kappa shape index (κ3) is 2.23. The van der Waals surface area contributed by atoms with Crippen LogP contribution in [0.15, 0.2) is 46.9 Å². The summed E-state index contributed by atoms with van der Waals surface area (Å²) in [6.07, 6.45) is 0. The van der Waals surface area contributed by atoms with Crippen LogP contribution in [0.4, 0.5) is 15.2 Å². The third-order valence-electron chi connectivity index (χ3n) is 2.47. The molecule has 0 amide bonds. The quantitative estimate of drug-likeness (QED) is 0.722. The van der Waals surface area contributed by atoms with Crippen molar-refractivity contribution >= 4 is 48.3 Å². The number of hydrogen-bond acceptors (Lipinski definition) is 3. The van der Waals surface area contributed by atoms with Gasteiger partial charge in [0.05, 0.1) is 15.9 Å². The lowest BCUT2D eigenvalue weighted by Gasteiger charge is -2.03. The first-order chi connectivity index (χ1) is 8.72. The molecule has 3 rings (SSSR count). The molecule has 2 nitrogen and oxygen atoms in total. The number of nitrogens with one attached hydrogen (secondary N) is 1. The SMILES string of the molecule is Fc1ccc2sc(Nc3ccccc3Br)nc2c1. The van der Waals surface area contributed by atoms with E-state index in [0.717, 1.165) is 20.0 Å². The van der Waals surface area contributed by atoms with Gasteiger partial charge in [0, 0.05) is 10.5 Å². The van der Waals surface area contributed by atoms with Crippen molar-refractivity contribution in [1.82, 2.24) is 4.98 Å². The van der Waals surface area contributed by atoms with Crippen LogP contribution in [0.3, 0.4) is 0 Å². The van der Waals surface area contributed by atoms with Gasteiger partial charge in [0.25, 0.3) is 0 Å². The molecule has 0 atom stereocenters. The van der Waals surface area contributed by atoms with Crippen LogP contribution >= 0.6 is 27.3 Å². The van der Waals surface area contributed by atoms with Gasteiger partial charge in [-0.15, -0.1) is 0 Å². The monoisotopic (exact) mass is 322 g/mol. The summed E-state index contributed by atoms with van der Waals surface area (Å²) < 4.78 is 15.0. The van der Waals surface area contributed by atoms with Crippen LogP contribution in [0, 0.1) is 5.82 Å². The molecular formula is C13H8BrFN2S. The Hall–Kier alpha value is -1.46. The van der Waals surface area contributed by atoms with Gasteiger partial charge in [0.2, 0.25) is 0 Å². The van der Waals surface area contributed by atoms with Crippen molar-refractivity contribution in [3.05, 3.63) is 52.8 Å². The topological polar surface area (TPSA) is 24.9 Å². The average Bonchev–Trinajstić information content (AvgIpc) is 2.73. The Labute approximate surface area is 116 Å². The Balaban J connectivity index is 1.98. The van der Waals surface area contributed by atoms with Crippen molar-refractivity contribution in [2.45, 2.75) is 0 Å². The fourth-order valence-corrected chi connectivity index (χ4v) is 2.87. The third-order valence-corrected chi connectivity index (χ3v) is 4.11. The molecule has 18 heavy (non-hydrogen) atoms. The van der Waals surface area contributed by atoms with Crippen molar-refractivity contribution in [3.8, 4) is 0 Å². The highest BCUT2D eigenvalue weighted by molar-refractivity contribution is 9.10. The number of fused-ring (bicyclic) bond motifs is 1. The van der Waals surface area contributed by atoms with Crippen LogP contribution in [-0.4, -0.2) is 4.98 Å². The van der Waals surface area contributed by atoms with Gasteiger partial charge in [0.15, 0.2) is 5.13 Å². The number of anilines is 2. The molecular weight excluding hydrogens is 315 g/mol. The van der Waals surface area contributed by atoms with E-state index in [1.807, 2.05) is 24.3 Å². The first-order valence-corrected chi connectivity index (χ1v) is 6.91. The van der Waals surface area contributed by atoms with Crippen LogP contribution in [0.2, 0.25) is 0 Å². The van der Waals surface area contributed by atoms with Crippen molar-refractivity contribution in [2.75, 3.05) is 5.32 Å². The molecule has 3 aromatic rings. The summed E-state index contributed by atoms with van der Waals surface area (Å²) in [5, 5.41) is 3.97. The number of aromatic nitrogens is 1. The van der Waals surface area contributed by atoms with Gasteiger partial charge in [-0.1, -0.05) is 23.5 Å². The van der Waals surface area contributed by atoms with Crippen molar-refractivity contribution in [1.29, 1.82) is 0 Å². The van der Waals surface area contributed by atoms with Gasteiger partial charge in [-0.05, 0) is 40.2 Å². The summed E-state index contributed by atoms with van der Waals surface area (Å²) in [5.74, 6) is -0.264. The van der Waals surface area contributed by atoms with Crippen LogP contribution in [0.1, 0.15) is 0 Å². The first-order valence-electron chi connectivity index (χ1n) is 5.30. The van der Waals surface area contributed by atoms with Crippen molar-refractivity contribution in [2.24, 2.45) is 0 Å². The highest BCUT2D eigenvalue weighted by Gasteiger charge is 2.06. The molecule has 0 saturated heterocycles. The molecule has 0 unspecified atom stereocenters. The molecule has 2 aromatic carbocycles. The van der Waals surface area contributed by atoms with E-state index in [0.29, 0.717) is 5.52 Å². The minimum absolute atomic E-state index is 0.264. The molecule has 1 heterocycles. The van der Waals surface area contributed by atoms with E-state index >= 15 is 0 Å². The summed E-state index contributed by atoms with van der Waals surface area (Å²) >= 11 is 4.96. The zero-order chi connectivity index (χ0) is 12.5. The van der Waals surface area contributed by atoms with Crippen LogP contribution < -0.4 is 5.32 Å². The lowest BCUT2D eigenvalue weighted by molar-refractivity contribution is 0.629. The molecule has 0 aliphatic carbocycles. The highest BCUT2D eigenvalue weighted by atomic mass is 79.9. The van der Waals surface area contributed by atoms with Gasteiger partial charge < -0.3 is 5.32 Å². The second kappa shape index (κ2) is 4.66. The molecule has 0 aliphatic rings. The number of para-hydroxylation sites is 1. The van der Waals surface area contributed by atoms with E-state index in [2.05, 4.69) is 26.2 Å². The minimum Gasteiger partial charge on any atom is -0.331 e. The van der Waals surface area contributed by atoms with Crippen LogP contribution in [0.25, 0.3) is 10.2 Å². The van der Waals surface area contributed by atoms with Gasteiger partial charge in [-0.2, -0.15) is 0 Å². The molecule has 0 bridgehead atoms. The fraction of sp³-hybridized carbons (Fsp3) is 0. The zero-order valence-corrected chi connectivity index (χ0v) is 11.6. The number of hydrogen-bond donors (Lipinski definition) is 1. The molecule has 0 saturated carbocycles. The number of benzene rings is 2. The summed E-state index contributed by atoms with van der Waals surface area (Å²) in [7, 11) is 0. The molecule has 0 fully saturated rings. The predicted octanol–water partition coefficient (Wildman–Crippen LogP) is 4.94. The molecule has 0 radical (unpaired) electrons. The fourth-order valence-electron chi connectivity index (χ4n) is 1.63. The minimum atomic E-state index is -0.264. The number of thiazole rings is 1. The Bertz CT molecular complexity index is 711. The maximum absolute atomic E-state index is 13.1. The molecule has 1 N–H and O–H groups in total. The Morgan fingerprint density at radius 3 is 2.83 bits per heavy atom. The summed E-state index contributed by atoms with van der Waals surface area (Å²) in [6, 6.07) is 12.4. The van der Waals surface area contributed by atoms with E-state index in [1.54, 1.807) is 6.07 Å². The van der Waals surface area contributed by atoms with E-state index in [9.17, 15) is 4.39 Å². The Morgan fingerprint density at radius 2 is 2.00 bits per heavy atom. The van der Waals surface area contributed by atoms with Crippen LogP contribution in [-0.2, 0) is 0 Å². The van der Waals surface area contributed by atoms with E-state index in [1.165, 1.54) is 23.5 Å². The number of nitrogens with zero attached hydrogens (tertiary/aromatic N) is 1. The van der Waals surface area contributed by atoms with Gasteiger partial charge in [-0.25, -0.2) is 9.37 Å². The standard InChI is InChI=1S/C13H8BrFN2S/c14-9-3-1-2-4-10(9)16-13-17-11-7-8(15)5-6-12(11)18-13/h1-7H,(H,16,17). The highest BCUT2D eigenvalue weighted by Crippen LogP contribution is 2.31. The van der Waals surface area contributed by atoms with E-state index in [4.69, 9.17) is 0 Å². The lowest BCUT2D eigenvalue weighted by Crippen LogP contribution is -1.89. The molecule has 0 spiro atoms. The van der Waals surface area contributed by atoms with Crippen molar-refractivity contribution < 1.29 is 4.39 Å². The normalized spacial score (nSPS) is 10.8. The van der Waals surface area contributed by atoms with Crippen LogP contribution in [0.5, 0.6) is 0 Å². The maximum atomic E-state index is 13.1. The summed E-state index contributed by atoms with van der Waals surface area (Å²) in [6.45, 7) is 0. The summed E-state index contributed by atoms with van der Waals surface area (Å²) in [4.78, 5) is 4.36. The second-order valence-corrected chi connectivity index (χ2v) is 5.62. The molecule has 5 heteroatoms. The number of halogens is 2. The van der Waals surface area contributed by atoms with Crippen molar-refractivity contribution in [3.63, 3.8) is 0 Å². The van der Waals surface area contributed by atoms with Gasteiger partial charge >= 0.3 is 0 Å². The van der Waals surface area contributed by atoms with Gasteiger partial charge in [0.1, 0.15) is 5.82 Å². The zero-order valence-electron chi connectivity index (χ0n) is 9.15. The Kier molecular flexibility index (Phi) is 3.01. The van der Waals surface area contributed by atoms with E-state index in [-0.39, 0.29) is 5.82 Å². The predicted molar refractivity (Wildman–Crippen MR) is 77.0 cm³/mol. The van der Waals surface area contributed by atoms with Gasteiger partial charge in [-0.3, -0.25) is 0 Å². The first kappa shape index (κ1) is 11.6. The molecule has 0 aliphatic heterocycles. The lowest BCUT2D eigenvalue weighted by atomic mass is 10.3.